The van der Waals surface area contributed by atoms with Crippen LogP contribution >= 0.6 is 0 Å². The number of nitrogens with two attached hydrogens (primary N) is 2. The number of nitrogens with zero attached hydrogens (tertiary/aromatic N) is 1. The number of methoxy groups -OCH3 is 1. The van der Waals surface area contributed by atoms with Gasteiger partial charge in [-0.25, -0.2) is 9.59 Å². The fourth-order valence-corrected chi connectivity index (χ4v) is 5.20. The summed E-state index contributed by atoms with van der Waals surface area (Å²) in [5, 5.41) is 8.47. The number of esters is 1. The molecule has 0 aliphatic heterocycles. The minimum absolute atomic E-state index is 0.0629. The summed E-state index contributed by atoms with van der Waals surface area (Å²) in [6, 6.07) is 18.9. The highest BCUT2D eigenvalue weighted by Gasteiger charge is 2.29. The molecule has 2 unspecified atom stereocenters. The van der Waals surface area contributed by atoms with Crippen LogP contribution in [0.5, 0.6) is 0 Å². The summed E-state index contributed by atoms with van der Waals surface area (Å²) in [6.07, 6.45) is 1.58. The van der Waals surface area contributed by atoms with Crippen LogP contribution in [0.3, 0.4) is 0 Å². The normalized spacial score (nSPS) is 12.8. The standard InChI is InChI=1S/C35H54N6O7/c1-35(16-18-36,17-21-39-33(44)47-26-28-9-5-3-6-10-28)15-13-30(32(43)38-20-14-31(42)46-2)25-41(23-19-37)24-22-40-34(45)48-27-29-11-7-4-8-12-29/h3-12,30H,13-27,36-37H2,1-2H3,(H,38,43)(H,39,44)(H,40,45). The van der Waals surface area contributed by atoms with Crippen LogP contribution in [0.2, 0.25) is 0 Å². The molecule has 0 bridgehead atoms. The average Bonchev–Trinajstić information content (AvgIpc) is 3.09. The van der Waals surface area contributed by atoms with E-state index in [0.717, 1.165) is 11.1 Å². The van der Waals surface area contributed by atoms with Gasteiger partial charge in [-0.15, -0.1) is 0 Å². The van der Waals surface area contributed by atoms with Crippen LogP contribution in [0.1, 0.15) is 50.2 Å². The first kappa shape index (κ1) is 40.0. The fourth-order valence-electron chi connectivity index (χ4n) is 5.20. The first-order valence-electron chi connectivity index (χ1n) is 16.5. The van der Waals surface area contributed by atoms with E-state index in [1.165, 1.54) is 7.11 Å². The zero-order chi connectivity index (χ0) is 35.0. The molecule has 2 atom stereocenters. The first-order valence-corrected chi connectivity index (χ1v) is 16.5. The van der Waals surface area contributed by atoms with Crippen molar-refractivity contribution in [2.45, 2.75) is 52.2 Å². The summed E-state index contributed by atoms with van der Waals surface area (Å²) in [7, 11) is 1.30. The van der Waals surface area contributed by atoms with E-state index < -0.39 is 24.1 Å². The number of hydrogen-bond acceptors (Lipinski definition) is 10. The molecule has 0 aliphatic rings. The van der Waals surface area contributed by atoms with Crippen molar-refractivity contribution in [1.29, 1.82) is 0 Å². The van der Waals surface area contributed by atoms with E-state index in [0.29, 0.717) is 71.5 Å². The maximum absolute atomic E-state index is 13.4. The van der Waals surface area contributed by atoms with E-state index in [1.54, 1.807) is 0 Å². The Labute approximate surface area is 284 Å². The van der Waals surface area contributed by atoms with E-state index >= 15 is 0 Å². The Balaban J connectivity index is 1.96. The number of carbonyl (C=O) groups is 4. The highest BCUT2D eigenvalue weighted by molar-refractivity contribution is 5.79. The molecule has 48 heavy (non-hydrogen) atoms. The van der Waals surface area contributed by atoms with Crippen molar-refractivity contribution in [3.63, 3.8) is 0 Å². The highest BCUT2D eigenvalue weighted by Crippen LogP contribution is 2.33. The van der Waals surface area contributed by atoms with Gasteiger partial charge in [-0.05, 0) is 48.8 Å². The summed E-state index contributed by atoms with van der Waals surface area (Å²) in [5.74, 6) is -1.03. The first-order chi connectivity index (χ1) is 23.2. The Morgan fingerprint density at radius 1 is 0.750 bits per heavy atom. The zero-order valence-electron chi connectivity index (χ0n) is 28.4. The largest absolute Gasteiger partial charge is 0.469 e. The number of alkyl carbamates (subject to hydrolysis) is 2. The molecule has 2 aromatic rings. The lowest BCUT2D eigenvalue weighted by molar-refractivity contribution is -0.140. The van der Waals surface area contributed by atoms with E-state index in [-0.39, 0.29) is 37.5 Å². The molecule has 3 amide bonds. The predicted molar refractivity (Wildman–Crippen MR) is 184 cm³/mol. The summed E-state index contributed by atoms with van der Waals surface area (Å²) in [4.78, 5) is 51.6. The minimum Gasteiger partial charge on any atom is -0.469 e. The second-order valence-corrected chi connectivity index (χ2v) is 12.0. The number of nitrogens with one attached hydrogen (secondary N) is 3. The third kappa shape index (κ3) is 17.1. The smallest absolute Gasteiger partial charge is 0.407 e. The van der Waals surface area contributed by atoms with E-state index in [2.05, 4.69) is 22.9 Å². The molecule has 0 saturated carbocycles. The van der Waals surface area contributed by atoms with Crippen LogP contribution in [0.25, 0.3) is 0 Å². The lowest BCUT2D eigenvalue weighted by Crippen LogP contribution is -2.44. The number of benzene rings is 2. The molecule has 7 N–H and O–H groups in total. The van der Waals surface area contributed by atoms with Crippen LogP contribution in [0.15, 0.2) is 60.7 Å². The molecular formula is C35H54N6O7. The molecule has 13 heteroatoms. The van der Waals surface area contributed by atoms with E-state index in [9.17, 15) is 19.2 Å². The van der Waals surface area contributed by atoms with Gasteiger partial charge in [0.1, 0.15) is 13.2 Å². The van der Waals surface area contributed by atoms with Gasteiger partial charge in [-0.1, -0.05) is 67.6 Å². The SMILES string of the molecule is COC(=O)CCNC(=O)C(CCC(C)(CCN)CCNC(=O)OCc1ccccc1)CN(CCN)CCNC(=O)OCc1ccccc1. The predicted octanol–water partition coefficient (Wildman–Crippen LogP) is 2.92. The molecular weight excluding hydrogens is 616 g/mol. The average molecular weight is 671 g/mol. The Hall–Kier alpha value is -4.20. The second kappa shape index (κ2) is 23.2. The maximum atomic E-state index is 13.4. The summed E-state index contributed by atoms with van der Waals surface area (Å²) < 4.78 is 15.3. The lowest BCUT2D eigenvalue weighted by Gasteiger charge is -2.32. The van der Waals surface area contributed by atoms with Gasteiger partial charge < -0.3 is 41.6 Å². The summed E-state index contributed by atoms with van der Waals surface area (Å²) in [5.41, 5.74) is 13.4. The topological polar surface area (TPSA) is 187 Å². The molecule has 0 heterocycles. The van der Waals surface area contributed by atoms with Gasteiger partial charge in [0.25, 0.3) is 0 Å². The summed E-state index contributed by atoms with van der Waals surface area (Å²) in [6.45, 7) is 5.50. The molecule has 0 saturated heterocycles. The summed E-state index contributed by atoms with van der Waals surface area (Å²) >= 11 is 0. The van der Waals surface area contributed by atoms with Crippen molar-refractivity contribution in [2.75, 3.05) is 59.5 Å². The maximum Gasteiger partial charge on any atom is 0.407 e. The molecule has 0 radical (unpaired) electrons. The fraction of sp³-hybridized carbons (Fsp3) is 0.543. The lowest BCUT2D eigenvalue weighted by atomic mass is 9.77. The molecule has 13 nitrogen and oxygen atoms in total. The molecule has 266 valence electrons. The van der Waals surface area contributed by atoms with E-state index in [4.69, 9.17) is 25.7 Å². The van der Waals surface area contributed by atoms with Crippen molar-refractivity contribution in [3.8, 4) is 0 Å². The van der Waals surface area contributed by atoms with Crippen molar-refractivity contribution < 1.29 is 33.4 Å². The third-order valence-electron chi connectivity index (χ3n) is 8.12. The molecule has 0 spiro atoms. The van der Waals surface area contributed by atoms with Gasteiger partial charge >= 0.3 is 18.2 Å². The second-order valence-electron chi connectivity index (χ2n) is 12.0. The number of carbonyl (C=O) groups excluding carboxylic acids is 4. The molecule has 2 rings (SSSR count). The van der Waals surface area contributed by atoms with Gasteiger partial charge in [0.2, 0.25) is 5.91 Å². The zero-order valence-corrected chi connectivity index (χ0v) is 28.4. The number of ether oxygens (including phenoxy) is 3. The Bertz CT molecular complexity index is 1220. The van der Waals surface area contributed by atoms with Crippen molar-refractivity contribution in [3.05, 3.63) is 71.8 Å². The van der Waals surface area contributed by atoms with Crippen LogP contribution in [-0.4, -0.2) is 88.4 Å². The van der Waals surface area contributed by atoms with Crippen molar-refractivity contribution >= 4 is 24.1 Å². The van der Waals surface area contributed by atoms with Gasteiger partial charge in [0.15, 0.2) is 0 Å². The van der Waals surface area contributed by atoms with Crippen molar-refractivity contribution in [2.24, 2.45) is 22.8 Å². The minimum atomic E-state index is -0.529. The molecule has 2 aromatic carbocycles. The number of amides is 3. The third-order valence-corrected chi connectivity index (χ3v) is 8.12. The van der Waals surface area contributed by atoms with Crippen molar-refractivity contribution in [1.82, 2.24) is 20.9 Å². The van der Waals surface area contributed by atoms with Gasteiger partial charge in [-0.2, -0.15) is 0 Å². The highest BCUT2D eigenvalue weighted by atomic mass is 16.6. The Kier molecular flexibility index (Phi) is 19.3. The van der Waals surface area contributed by atoms with Crippen LogP contribution in [0.4, 0.5) is 9.59 Å². The monoisotopic (exact) mass is 670 g/mol. The van der Waals surface area contributed by atoms with Crippen LogP contribution < -0.4 is 27.4 Å². The van der Waals surface area contributed by atoms with Crippen LogP contribution in [-0.2, 0) is 37.0 Å². The van der Waals surface area contributed by atoms with Gasteiger partial charge in [0, 0.05) is 45.8 Å². The quantitative estimate of drug-likeness (QED) is 0.0869. The Morgan fingerprint density at radius 2 is 1.33 bits per heavy atom. The van der Waals surface area contributed by atoms with Gasteiger partial charge in [0.05, 0.1) is 19.4 Å². The number of hydrogen-bond donors (Lipinski definition) is 5. The Morgan fingerprint density at radius 3 is 1.88 bits per heavy atom. The van der Waals surface area contributed by atoms with Crippen LogP contribution in [0, 0.1) is 11.3 Å². The molecule has 0 fully saturated rings. The molecule has 0 aliphatic carbocycles. The van der Waals surface area contributed by atoms with E-state index in [1.807, 2.05) is 65.6 Å². The number of rotatable bonds is 23. The van der Waals surface area contributed by atoms with Gasteiger partial charge in [-0.3, -0.25) is 14.5 Å². The molecule has 0 aromatic heterocycles.